The first-order chi connectivity index (χ1) is 10.7. The zero-order valence-electron chi connectivity index (χ0n) is 13.5. The lowest BCUT2D eigenvalue weighted by molar-refractivity contribution is -0.123. The molecule has 1 aromatic heterocycles. The minimum Gasteiger partial charge on any atom is -0.381 e. The molecular weight excluding hydrogens is 282 g/mol. The zero-order chi connectivity index (χ0) is 15.9. The van der Waals surface area contributed by atoms with E-state index in [9.17, 15) is 4.79 Å². The van der Waals surface area contributed by atoms with Crippen LogP contribution in [0.5, 0.6) is 0 Å². The van der Waals surface area contributed by atoms with Gasteiger partial charge in [-0.15, -0.1) is 0 Å². The number of rotatable bonds is 6. The molecule has 7 nitrogen and oxygen atoms in total. The fraction of sp³-hybridized carbons (Fsp3) is 0.667. The molecule has 2 N–H and O–H groups in total. The number of carbonyl (C=O) groups excluding carboxylic acids is 1. The molecule has 2 atom stereocenters. The first kappa shape index (κ1) is 16.6. The van der Waals surface area contributed by atoms with Crippen LogP contribution >= 0.6 is 0 Å². The number of nitrogens with one attached hydrogen (secondary N) is 2. The van der Waals surface area contributed by atoms with Gasteiger partial charge in [-0.2, -0.15) is 0 Å². The third-order valence-electron chi connectivity index (χ3n) is 4.11. The zero-order valence-corrected chi connectivity index (χ0v) is 13.5. The van der Waals surface area contributed by atoms with Gasteiger partial charge in [0.1, 0.15) is 0 Å². The third-order valence-corrected chi connectivity index (χ3v) is 4.11. The van der Waals surface area contributed by atoms with Crippen molar-refractivity contribution >= 4 is 11.9 Å². The van der Waals surface area contributed by atoms with Gasteiger partial charge in [0.05, 0.1) is 6.10 Å². The van der Waals surface area contributed by atoms with Gasteiger partial charge in [-0.1, -0.05) is 0 Å². The Labute approximate surface area is 131 Å². The minimum absolute atomic E-state index is 0.0654. The van der Waals surface area contributed by atoms with Gasteiger partial charge in [0, 0.05) is 71.1 Å². The highest BCUT2D eigenvalue weighted by molar-refractivity contribution is 5.75. The van der Waals surface area contributed by atoms with Crippen molar-refractivity contribution in [2.24, 2.45) is 5.92 Å². The predicted octanol–water partition coefficient (Wildman–Crippen LogP) is 0.491. The molecule has 22 heavy (non-hydrogen) atoms. The molecule has 0 saturated carbocycles. The number of amides is 1. The van der Waals surface area contributed by atoms with E-state index in [1.54, 1.807) is 21.2 Å². The van der Waals surface area contributed by atoms with Crippen LogP contribution in [0.4, 0.5) is 5.95 Å². The van der Waals surface area contributed by atoms with E-state index in [4.69, 9.17) is 4.74 Å². The van der Waals surface area contributed by atoms with Gasteiger partial charge in [0.15, 0.2) is 0 Å². The maximum Gasteiger partial charge on any atom is 0.222 e. The molecule has 2 rings (SSSR count). The van der Waals surface area contributed by atoms with Crippen LogP contribution < -0.4 is 10.6 Å². The Bertz CT molecular complexity index is 479. The van der Waals surface area contributed by atoms with E-state index in [-0.39, 0.29) is 17.9 Å². The number of hydrogen-bond acceptors (Lipinski definition) is 6. The summed E-state index contributed by atoms with van der Waals surface area (Å²) in [7, 11) is 5.20. The van der Waals surface area contributed by atoms with Gasteiger partial charge in [-0.25, -0.2) is 9.97 Å². The molecule has 0 aliphatic carbocycles. The standard InChI is InChI=1S/C15H25N5O2/c1-16-14(21)6-12-10-20(5-4-13(12)22-3)9-11-7-18-15(17-2)19-8-11/h7-8,12-13H,4-6,9-10H2,1-3H3,(H,16,21)(H,17,18,19)/t12-,13-/m1/s1. The highest BCUT2D eigenvalue weighted by Gasteiger charge is 2.30. The van der Waals surface area contributed by atoms with Gasteiger partial charge < -0.3 is 15.4 Å². The molecule has 1 aromatic rings. The van der Waals surface area contributed by atoms with Crippen LogP contribution in [-0.2, 0) is 16.1 Å². The van der Waals surface area contributed by atoms with Gasteiger partial charge >= 0.3 is 0 Å². The first-order valence-corrected chi connectivity index (χ1v) is 7.60. The Morgan fingerprint density at radius 1 is 1.41 bits per heavy atom. The lowest BCUT2D eigenvalue weighted by atomic mass is 9.91. The van der Waals surface area contributed by atoms with E-state index in [1.165, 1.54) is 0 Å². The number of hydrogen-bond donors (Lipinski definition) is 2. The summed E-state index contributed by atoms with van der Waals surface area (Å²) < 4.78 is 5.54. The normalized spacial score (nSPS) is 22.3. The molecule has 1 fully saturated rings. The van der Waals surface area contributed by atoms with Crippen molar-refractivity contribution in [3.8, 4) is 0 Å². The van der Waals surface area contributed by atoms with Crippen molar-refractivity contribution in [1.82, 2.24) is 20.2 Å². The summed E-state index contributed by atoms with van der Waals surface area (Å²) in [4.78, 5) is 22.5. The maximum absolute atomic E-state index is 11.7. The molecule has 2 heterocycles. The van der Waals surface area contributed by atoms with Crippen LogP contribution in [0.3, 0.4) is 0 Å². The molecule has 0 radical (unpaired) electrons. The molecule has 1 aliphatic heterocycles. The second-order valence-corrected chi connectivity index (χ2v) is 5.60. The summed E-state index contributed by atoms with van der Waals surface area (Å²) in [5.41, 5.74) is 1.08. The fourth-order valence-corrected chi connectivity index (χ4v) is 2.90. The number of carbonyl (C=O) groups is 1. The summed E-state index contributed by atoms with van der Waals surface area (Å²) in [5, 5.41) is 5.60. The molecule has 0 aromatic carbocycles. The number of aromatic nitrogens is 2. The van der Waals surface area contributed by atoms with Crippen molar-refractivity contribution in [3.05, 3.63) is 18.0 Å². The second-order valence-electron chi connectivity index (χ2n) is 5.60. The van der Waals surface area contributed by atoms with Crippen molar-refractivity contribution < 1.29 is 9.53 Å². The first-order valence-electron chi connectivity index (χ1n) is 7.60. The summed E-state index contributed by atoms with van der Waals surface area (Å²) in [6.07, 6.45) is 5.27. The van der Waals surface area contributed by atoms with E-state index in [1.807, 2.05) is 12.4 Å². The van der Waals surface area contributed by atoms with Crippen molar-refractivity contribution in [2.75, 3.05) is 39.6 Å². The lowest BCUT2D eigenvalue weighted by Gasteiger charge is -2.37. The highest BCUT2D eigenvalue weighted by Crippen LogP contribution is 2.24. The second kappa shape index (κ2) is 8.05. The molecular formula is C15H25N5O2. The van der Waals surface area contributed by atoms with Crippen molar-refractivity contribution in [2.45, 2.75) is 25.5 Å². The fourth-order valence-electron chi connectivity index (χ4n) is 2.90. The van der Waals surface area contributed by atoms with Crippen LogP contribution in [0.1, 0.15) is 18.4 Å². The van der Waals surface area contributed by atoms with Crippen LogP contribution in [0.15, 0.2) is 12.4 Å². The average Bonchev–Trinajstić information content (AvgIpc) is 2.55. The number of likely N-dealkylation sites (tertiary alicyclic amines) is 1. The molecule has 0 unspecified atom stereocenters. The molecule has 1 aliphatic rings. The van der Waals surface area contributed by atoms with Crippen LogP contribution in [0.2, 0.25) is 0 Å². The molecule has 7 heteroatoms. The lowest BCUT2D eigenvalue weighted by Crippen LogP contribution is -2.45. The maximum atomic E-state index is 11.7. The predicted molar refractivity (Wildman–Crippen MR) is 84.4 cm³/mol. The molecule has 1 saturated heterocycles. The van der Waals surface area contributed by atoms with E-state index in [0.717, 1.165) is 31.6 Å². The molecule has 0 bridgehead atoms. The van der Waals surface area contributed by atoms with Gasteiger partial charge in [-0.3, -0.25) is 9.69 Å². The van der Waals surface area contributed by atoms with Crippen LogP contribution in [0, 0.1) is 5.92 Å². The number of methoxy groups -OCH3 is 1. The van der Waals surface area contributed by atoms with Crippen molar-refractivity contribution in [1.29, 1.82) is 0 Å². The third kappa shape index (κ3) is 4.38. The minimum atomic E-state index is 0.0654. The number of piperidine rings is 1. The van der Waals surface area contributed by atoms with E-state index in [2.05, 4.69) is 25.5 Å². The number of nitrogens with zero attached hydrogens (tertiary/aromatic N) is 3. The van der Waals surface area contributed by atoms with Crippen LogP contribution in [0.25, 0.3) is 0 Å². The average molecular weight is 307 g/mol. The number of ether oxygens (including phenoxy) is 1. The largest absolute Gasteiger partial charge is 0.381 e. The van der Waals surface area contributed by atoms with E-state index >= 15 is 0 Å². The smallest absolute Gasteiger partial charge is 0.222 e. The highest BCUT2D eigenvalue weighted by atomic mass is 16.5. The Balaban J connectivity index is 1.95. The summed E-state index contributed by atoms with van der Waals surface area (Å²) in [5.74, 6) is 0.908. The monoisotopic (exact) mass is 307 g/mol. The van der Waals surface area contributed by atoms with Gasteiger partial charge in [0.25, 0.3) is 0 Å². The summed E-state index contributed by atoms with van der Waals surface area (Å²) in [6.45, 7) is 2.60. The molecule has 122 valence electrons. The summed E-state index contributed by atoms with van der Waals surface area (Å²) >= 11 is 0. The van der Waals surface area contributed by atoms with Gasteiger partial charge in [-0.05, 0) is 6.42 Å². The molecule has 1 amide bonds. The Morgan fingerprint density at radius 2 is 2.14 bits per heavy atom. The SMILES string of the molecule is CNC(=O)C[C@@H]1CN(Cc2cnc(NC)nc2)CC[C@H]1OC. The Morgan fingerprint density at radius 3 is 2.73 bits per heavy atom. The topological polar surface area (TPSA) is 79.4 Å². The summed E-state index contributed by atoms with van der Waals surface area (Å²) in [6, 6.07) is 0. The van der Waals surface area contributed by atoms with Crippen molar-refractivity contribution in [3.63, 3.8) is 0 Å². The van der Waals surface area contributed by atoms with E-state index < -0.39 is 0 Å². The molecule has 0 spiro atoms. The number of anilines is 1. The van der Waals surface area contributed by atoms with Crippen LogP contribution in [-0.4, -0.2) is 61.2 Å². The van der Waals surface area contributed by atoms with E-state index in [0.29, 0.717) is 12.4 Å². The van der Waals surface area contributed by atoms with Gasteiger partial charge in [0.2, 0.25) is 11.9 Å². The quantitative estimate of drug-likeness (QED) is 0.796. The Kier molecular flexibility index (Phi) is 6.09. The Hall–Kier alpha value is -1.73.